The lowest BCUT2D eigenvalue weighted by Crippen LogP contribution is -2.14. The van der Waals surface area contributed by atoms with Gasteiger partial charge in [0.2, 0.25) is 5.91 Å². The van der Waals surface area contributed by atoms with Crippen LogP contribution >= 0.6 is 11.3 Å². The summed E-state index contributed by atoms with van der Waals surface area (Å²) in [6.07, 6.45) is 0.292. The topological polar surface area (TPSA) is 64.4 Å². The Balaban J connectivity index is 1.34. The predicted molar refractivity (Wildman–Crippen MR) is 120 cm³/mol. The normalized spacial score (nSPS) is 11.1. The first-order valence-electron chi connectivity index (χ1n) is 9.49. The van der Waals surface area contributed by atoms with Gasteiger partial charge in [0.1, 0.15) is 17.0 Å². The highest BCUT2D eigenvalue weighted by Gasteiger charge is 2.13. The monoisotopic (exact) mass is 414 g/mol. The molecular formula is C24H18N2O3S. The van der Waals surface area contributed by atoms with E-state index in [1.807, 2.05) is 72.1 Å². The Hall–Kier alpha value is -3.64. The molecule has 0 fully saturated rings. The summed E-state index contributed by atoms with van der Waals surface area (Å²) in [4.78, 5) is 17.1. The average Bonchev–Trinajstić information content (AvgIpc) is 3.40. The molecule has 148 valence electrons. The summed E-state index contributed by atoms with van der Waals surface area (Å²) >= 11 is 1.38. The van der Waals surface area contributed by atoms with E-state index in [4.69, 9.17) is 9.15 Å². The van der Waals surface area contributed by atoms with Gasteiger partial charge in [-0.15, -0.1) is 11.3 Å². The molecule has 1 amide bonds. The highest BCUT2D eigenvalue weighted by molar-refractivity contribution is 7.14. The van der Waals surface area contributed by atoms with E-state index in [-0.39, 0.29) is 5.91 Å². The first-order valence-corrected chi connectivity index (χ1v) is 10.4. The number of anilines is 1. The van der Waals surface area contributed by atoms with Crippen molar-refractivity contribution in [3.05, 3.63) is 77.7 Å². The number of ether oxygens (including phenoxy) is 1. The lowest BCUT2D eigenvalue weighted by molar-refractivity contribution is -0.115. The van der Waals surface area contributed by atoms with Crippen LogP contribution in [-0.2, 0) is 11.2 Å². The van der Waals surface area contributed by atoms with Gasteiger partial charge in [0.15, 0.2) is 10.9 Å². The van der Waals surface area contributed by atoms with E-state index in [0.717, 1.165) is 33.1 Å². The summed E-state index contributed by atoms with van der Waals surface area (Å²) in [5.41, 5.74) is 2.45. The minimum Gasteiger partial charge on any atom is -0.497 e. The van der Waals surface area contributed by atoms with Crippen molar-refractivity contribution in [3.63, 3.8) is 0 Å². The Morgan fingerprint density at radius 1 is 1.07 bits per heavy atom. The van der Waals surface area contributed by atoms with E-state index in [1.165, 1.54) is 11.3 Å². The molecule has 0 aliphatic heterocycles. The molecule has 0 radical (unpaired) electrons. The van der Waals surface area contributed by atoms with Crippen LogP contribution < -0.4 is 10.1 Å². The van der Waals surface area contributed by atoms with Gasteiger partial charge in [-0.3, -0.25) is 4.79 Å². The van der Waals surface area contributed by atoms with Gasteiger partial charge in [-0.05, 0) is 40.6 Å². The average molecular weight is 414 g/mol. The molecule has 5 nitrogen and oxygen atoms in total. The summed E-state index contributed by atoms with van der Waals surface area (Å²) in [5, 5.41) is 8.49. The van der Waals surface area contributed by atoms with E-state index < -0.39 is 0 Å². The first-order chi connectivity index (χ1) is 14.7. The number of nitrogens with zero attached hydrogens (tertiary/aromatic N) is 1. The fourth-order valence-electron chi connectivity index (χ4n) is 3.50. The van der Waals surface area contributed by atoms with E-state index >= 15 is 0 Å². The summed E-state index contributed by atoms with van der Waals surface area (Å²) in [6, 6.07) is 21.6. The van der Waals surface area contributed by atoms with Gasteiger partial charge in [0.25, 0.3) is 0 Å². The van der Waals surface area contributed by atoms with Crippen molar-refractivity contribution in [1.82, 2.24) is 4.98 Å². The Kier molecular flexibility index (Phi) is 4.69. The summed E-state index contributed by atoms with van der Waals surface area (Å²) < 4.78 is 11.1. The van der Waals surface area contributed by atoms with Gasteiger partial charge in [0.05, 0.1) is 13.5 Å². The van der Waals surface area contributed by atoms with Crippen molar-refractivity contribution in [3.8, 4) is 17.2 Å². The molecule has 1 N–H and O–H groups in total. The Labute approximate surface area is 176 Å². The van der Waals surface area contributed by atoms with E-state index in [1.54, 1.807) is 7.11 Å². The molecular weight excluding hydrogens is 396 g/mol. The van der Waals surface area contributed by atoms with Gasteiger partial charge >= 0.3 is 0 Å². The Bertz CT molecular complexity index is 1360. The molecule has 0 spiro atoms. The predicted octanol–water partition coefficient (Wildman–Crippen LogP) is 5.90. The van der Waals surface area contributed by atoms with Crippen LogP contribution in [0.2, 0.25) is 0 Å². The van der Waals surface area contributed by atoms with Crippen LogP contribution in [0, 0.1) is 0 Å². The second kappa shape index (κ2) is 7.65. The molecule has 0 saturated heterocycles. The molecule has 5 rings (SSSR count). The van der Waals surface area contributed by atoms with Crippen molar-refractivity contribution in [2.45, 2.75) is 6.42 Å². The van der Waals surface area contributed by atoms with Crippen LogP contribution in [-0.4, -0.2) is 18.0 Å². The largest absolute Gasteiger partial charge is 0.497 e. The van der Waals surface area contributed by atoms with E-state index in [9.17, 15) is 4.79 Å². The number of carbonyl (C=O) groups is 1. The molecule has 0 atom stereocenters. The maximum Gasteiger partial charge on any atom is 0.230 e. The van der Waals surface area contributed by atoms with Crippen LogP contribution in [0.3, 0.4) is 0 Å². The number of amides is 1. The van der Waals surface area contributed by atoms with Crippen LogP contribution in [0.5, 0.6) is 5.75 Å². The summed E-state index contributed by atoms with van der Waals surface area (Å²) in [6.45, 7) is 0. The molecule has 5 aromatic rings. The van der Waals surface area contributed by atoms with Crippen LogP contribution in [0.4, 0.5) is 5.13 Å². The highest BCUT2D eigenvalue weighted by Crippen LogP contribution is 2.32. The lowest BCUT2D eigenvalue weighted by Gasteiger charge is -2.06. The number of fused-ring (bicyclic) bond motifs is 2. The van der Waals surface area contributed by atoms with E-state index in [2.05, 4.69) is 10.3 Å². The molecule has 2 aromatic heterocycles. The number of rotatable bonds is 5. The molecule has 3 aromatic carbocycles. The number of benzene rings is 3. The van der Waals surface area contributed by atoms with Crippen molar-refractivity contribution in [2.75, 3.05) is 12.4 Å². The van der Waals surface area contributed by atoms with E-state index in [0.29, 0.717) is 23.0 Å². The zero-order valence-electron chi connectivity index (χ0n) is 16.2. The molecule has 2 heterocycles. The molecule has 6 heteroatoms. The SMILES string of the molecule is COc1ccc2oc(-c3csc(NC(=O)Cc4cccc5ccccc45)n3)cc2c1. The summed E-state index contributed by atoms with van der Waals surface area (Å²) in [7, 11) is 1.63. The first kappa shape index (κ1) is 18.4. The Morgan fingerprint density at radius 2 is 1.93 bits per heavy atom. The number of furan rings is 1. The second-order valence-corrected chi connectivity index (χ2v) is 7.77. The number of aromatic nitrogens is 1. The van der Waals surface area contributed by atoms with Gasteiger partial charge in [-0.25, -0.2) is 4.98 Å². The standard InChI is InChI=1S/C24H18N2O3S/c1-28-18-9-10-21-17(11-18)12-22(29-21)20-14-30-24(25-20)26-23(27)13-16-7-4-6-15-5-2-3-8-19(15)16/h2-12,14H,13H2,1H3,(H,25,26,27). The summed E-state index contributed by atoms with van der Waals surface area (Å²) in [5.74, 6) is 1.33. The minimum atomic E-state index is -0.0957. The van der Waals surface area contributed by atoms with Crippen LogP contribution in [0.15, 0.2) is 76.5 Å². The van der Waals surface area contributed by atoms with Crippen molar-refractivity contribution >= 4 is 44.1 Å². The van der Waals surface area contributed by atoms with Gasteiger partial charge in [-0.2, -0.15) is 0 Å². The third-order valence-electron chi connectivity index (χ3n) is 4.96. The van der Waals surface area contributed by atoms with Crippen molar-refractivity contribution < 1.29 is 13.9 Å². The van der Waals surface area contributed by atoms with Crippen LogP contribution in [0.25, 0.3) is 33.2 Å². The number of nitrogens with one attached hydrogen (secondary N) is 1. The van der Waals surface area contributed by atoms with Gasteiger partial charge in [-0.1, -0.05) is 42.5 Å². The number of methoxy groups -OCH3 is 1. The number of hydrogen-bond acceptors (Lipinski definition) is 5. The maximum atomic E-state index is 12.6. The Morgan fingerprint density at radius 3 is 2.83 bits per heavy atom. The lowest BCUT2D eigenvalue weighted by atomic mass is 10.0. The zero-order chi connectivity index (χ0) is 20.5. The third-order valence-corrected chi connectivity index (χ3v) is 5.72. The molecule has 0 aliphatic rings. The molecule has 30 heavy (non-hydrogen) atoms. The van der Waals surface area contributed by atoms with Crippen molar-refractivity contribution in [1.29, 1.82) is 0 Å². The zero-order valence-corrected chi connectivity index (χ0v) is 17.0. The minimum absolute atomic E-state index is 0.0957. The van der Waals surface area contributed by atoms with Gasteiger partial charge < -0.3 is 14.5 Å². The fourth-order valence-corrected chi connectivity index (χ4v) is 4.22. The number of thiazole rings is 1. The molecule has 0 aliphatic carbocycles. The fraction of sp³-hybridized carbons (Fsp3) is 0.0833. The smallest absolute Gasteiger partial charge is 0.230 e. The molecule has 0 unspecified atom stereocenters. The second-order valence-electron chi connectivity index (χ2n) is 6.92. The number of carbonyl (C=O) groups excluding carboxylic acids is 1. The molecule has 0 saturated carbocycles. The quantitative estimate of drug-likeness (QED) is 0.389. The maximum absolute atomic E-state index is 12.6. The van der Waals surface area contributed by atoms with Crippen LogP contribution in [0.1, 0.15) is 5.56 Å². The number of hydrogen-bond donors (Lipinski definition) is 1. The third kappa shape index (κ3) is 3.53. The highest BCUT2D eigenvalue weighted by atomic mass is 32.1. The molecule has 0 bridgehead atoms. The van der Waals surface area contributed by atoms with Crippen molar-refractivity contribution in [2.24, 2.45) is 0 Å². The van der Waals surface area contributed by atoms with Gasteiger partial charge in [0, 0.05) is 10.8 Å².